The average Bonchev–Trinajstić information content (AvgIpc) is 2.70. The van der Waals surface area contributed by atoms with Crippen molar-refractivity contribution in [2.24, 2.45) is 5.73 Å². The van der Waals surface area contributed by atoms with E-state index in [0.29, 0.717) is 12.4 Å². The van der Waals surface area contributed by atoms with Crippen molar-refractivity contribution in [1.29, 1.82) is 0 Å². The van der Waals surface area contributed by atoms with Gasteiger partial charge in [0.05, 0.1) is 5.51 Å². The summed E-state index contributed by atoms with van der Waals surface area (Å²) in [7, 11) is 0. The van der Waals surface area contributed by atoms with Crippen LogP contribution in [0.2, 0.25) is 0 Å². The summed E-state index contributed by atoms with van der Waals surface area (Å²) in [5, 5.41) is 1.93. The predicted molar refractivity (Wildman–Crippen MR) is 55.8 cm³/mol. The molecule has 0 atom stereocenters. The third-order valence-corrected chi connectivity index (χ3v) is 2.55. The quantitative estimate of drug-likeness (QED) is 0.806. The molecular weight excluding hydrogens is 196 g/mol. The smallest absolute Gasteiger partial charge is 0.179 e. The Morgan fingerprint density at radius 3 is 2.86 bits per heavy atom. The molecule has 0 bridgehead atoms. The van der Waals surface area contributed by atoms with Gasteiger partial charge in [-0.05, 0) is 6.92 Å². The number of nitrogens with zero attached hydrogens (tertiary/aromatic N) is 3. The zero-order chi connectivity index (χ0) is 9.97. The molecular formula is C9H10N4S. The Balaban J connectivity index is 2.43. The maximum Gasteiger partial charge on any atom is 0.179 e. The van der Waals surface area contributed by atoms with Crippen LogP contribution in [0.1, 0.15) is 11.3 Å². The van der Waals surface area contributed by atoms with Gasteiger partial charge in [-0.25, -0.2) is 15.0 Å². The summed E-state index contributed by atoms with van der Waals surface area (Å²) in [6.07, 6.45) is 1.76. The summed E-state index contributed by atoms with van der Waals surface area (Å²) < 4.78 is 0. The molecule has 0 saturated heterocycles. The predicted octanol–water partition coefficient (Wildman–Crippen LogP) is 1.37. The molecule has 0 radical (unpaired) electrons. The van der Waals surface area contributed by atoms with Crippen LogP contribution in [-0.2, 0) is 6.54 Å². The van der Waals surface area contributed by atoms with Gasteiger partial charge in [0.25, 0.3) is 0 Å². The number of hydrogen-bond acceptors (Lipinski definition) is 5. The molecule has 2 heterocycles. The van der Waals surface area contributed by atoms with Crippen molar-refractivity contribution in [2.45, 2.75) is 13.5 Å². The van der Waals surface area contributed by atoms with Gasteiger partial charge in [0.1, 0.15) is 5.69 Å². The van der Waals surface area contributed by atoms with Crippen LogP contribution in [0.25, 0.3) is 11.5 Å². The van der Waals surface area contributed by atoms with Gasteiger partial charge in [-0.3, -0.25) is 0 Å². The lowest BCUT2D eigenvalue weighted by molar-refractivity contribution is 0.970. The van der Waals surface area contributed by atoms with Gasteiger partial charge in [-0.1, -0.05) is 0 Å². The second-order valence-electron chi connectivity index (χ2n) is 2.88. The number of rotatable bonds is 2. The van der Waals surface area contributed by atoms with E-state index < -0.39 is 0 Å². The van der Waals surface area contributed by atoms with Crippen molar-refractivity contribution >= 4 is 11.3 Å². The van der Waals surface area contributed by atoms with Crippen LogP contribution in [-0.4, -0.2) is 15.0 Å². The molecule has 0 unspecified atom stereocenters. The SMILES string of the molecule is Cc1nc(-c2cscn2)ncc1CN. The minimum Gasteiger partial charge on any atom is -0.326 e. The highest BCUT2D eigenvalue weighted by Gasteiger charge is 2.05. The van der Waals surface area contributed by atoms with Gasteiger partial charge in [0, 0.05) is 29.4 Å². The van der Waals surface area contributed by atoms with Crippen LogP contribution in [0.5, 0.6) is 0 Å². The molecule has 2 rings (SSSR count). The number of aromatic nitrogens is 3. The van der Waals surface area contributed by atoms with Gasteiger partial charge in [0.2, 0.25) is 0 Å². The van der Waals surface area contributed by atoms with Crippen LogP contribution in [0.3, 0.4) is 0 Å². The van der Waals surface area contributed by atoms with Gasteiger partial charge in [-0.2, -0.15) is 0 Å². The molecule has 0 amide bonds. The maximum atomic E-state index is 5.53. The summed E-state index contributed by atoms with van der Waals surface area (Å²) >= 11 is 1.53. The molecule has 2 aromatic rings. The number of hydrogen-bond donors (Lipinski definition) is 1. The molecule has 0 saturated carbocycles. The molecule has 2 aromatic heterocycles. The molecule has 72 valence electrons. The van der Waals surface area contributed by atoms with Gasteiger partial charge < -0.3 is 5.73 Å². The summed E-state index contributed by atoms with van der Waals surface area (Å²) in [5.41, 5.74) is 10.0. The minimum atomic E-state index is 0.475. The Labute approximate surface area is 85.9 Å². The molecule has 0 spiro atoms. The normalized spacial score (nSPS) is 10.4. The molecule has 0 aromatic carbocycles. The molecule has 0 aliphatic carbocycles. The highest BCUT2D eigenvalue weighted by atomic mass is 32.1. The second kappa shape index (κ2) is 3.81. The summed E-state index contributed by atoms with van der Waals surface area (Å²) in [5.74, 6) is 0.668. The first kappa shape index (κ1) is 9.23. The first-order valence-electron chi connectivity index (χ1n) is 4.22. The molecule has 0 fully saturated rings. The second-order valence-corrected chi connectivity index (χ2v) is 3.60. The van der Waals surface area contributed by atoms with Crippen molar-refractivity contribution in [3.05, 3.63) is 28.3 Å². The Bertz CT molecular complexity index is 424. The highest BCUT2D eigenvalue weighted by molar-refractivity contribution is 7.07. The molecule has 5 heteroatoms. The van der Waals surface area contributed by atoms with Crippen LogP contribution < -0.4 is 5.73 Å². The van der Waals surface area contributed by atoms with Crippen molar-refractivity contribution in [2.75, 3.05) is 0 Å². The molecule has 0 aliphatic rings. The topological polar surface area (TPSA) is 64.7 Å². The van der Waals surface area contributed by atoms with Crippen LogP contribution in [0, 0.1) is 6.92 Å². The fourth-order valence-electron chi connectivity index (χ4n) is 1.14. The van der Waals surface area contributed by atoms with Crippen molar-refractivity contribution < 1.29 is 0 Å². The van der Waals surface area contributed by atoms with E-state index in [2.05, 4.69) is 15.0 Å². The van der Waals surface area contributed by atoms with E-state index in [0.717, 1.165) is 17.0 Å². The van der Waals surface area contributed by atoms with E-state index in [4.69, 9.17) is 5.73 Å². The van der Waals surface area contributed by atoms with Crippen LogP contribution in [0.4, 0.5) is 0 Å². The molecule has 4 nitrogen and oxygen atoms in total. The van der Waals surface area contributed by atoms with Crippen LogP contribution >= 0.6 is 11.3 Å². The Morgan fingerprint density at radius 1 is 1.43 bits per heavy atom. The molecule has 2 N–H and O–H groups in total. The third-order valence-electron chi connectivity index (χ3n) is 1.96. The van der Waals surface area contributed by atoms with Crippen molar-refractivity contribution in [1.82, 2.24) is 15.0 Å². The standard InChI is InChI=1S/C9H10N4S/c1-6-7(2-10)3-11-9(13-6)8-4-14-5-12-8/h3-5H,2,10H2,1H3. The Morgan fingerprint density at radius 2 is 2.29 bits per heavy atom. The van der Waals surface area contributed by atoms with Gasteiger partial charge >= 0.3 is 0 Å². The zero-order valence-electron chi connectivity index (χ0n) is 7.77. The minimum absolute atomic E-state index is 0.475. The monoisotopic (exact) mass is 206 g/mol. The average molecular weight is 206 g/mol. The molecule has 0 aliphatic heterocycles. The van der Waals surface area contributed by atoms with Crippen molar-refractivity contribution in [3.8, 4) is 11.5 Å². The maximum absolute atomic E-state index is 5.53. The number of thiazole rings is 1. The Kier molecular flexibility index (Phi) is 2.51. The van der Waals surface area contributed by atoms with E-state index in [1.54, 1.807) is 11.7 Å². The van der Waals surface area contributed by atoms with Gasteiger partial charge in [0.15, 0.2) is 5.82 Å². The van der Waals surface area contributed by atoms with Crippen LogP contribution in [0.15, 0.2) is 17.1 Å². The fraction of sp³-hybridized carbons (Fsp3) is 0.222. The van der Waals surface area contributed by atoms with E-state index in [-0.39, 0.29) is 0 Å². The lowest BCUT2D eigenvalue weighted by atomic mass is 10.2. The van der Waals surface area contributed by atoms with Crippen molar-refractivity contribution in [3.63, 3.8) is 0 Å². The van der Waals surface area contributed by atoms with E-state index in [1.165, 1.54) is 11.3 Å². The summed E-state index contributed by atoms with van der Waals surface area (Å²) in [4.78, 5) is 12.7. The fourth-order valence-corrected chi connectivity index (χ4v) is 1.67. The lowest BCUT2D eigenvalue weighted by Crippen LogP contribution is -2.03. The first-order valence-corrected chi connectivity index (χ1v) is 5.16. The third kappa shape index (κ3) is 1.64. The number of aryl methyl sites for hydroxylation is 1. The summed E-state index contributed by atoms with van der Waals surface area (Å²) in [6.45, 7) is 2.41. The molecule has 14 heavy (non-hydrogen) atoms. The largest absolute Gasteiger partial charge is 0.326 e. The number of nitrogens with two attached hydrogens (primary N) is 1. The zero-order valence-corrected chi connectivity index (χ0v) is 8.58. The Hall–Kier alpha value is -1.33. The summed E-state index contributed by atoms with van der Waals surface area (Å²) in [6, 6.07) is 0. The van der Waals surface area contributed by atoms with Gasteiger partial charge in [-0.15, -0.1) is 11.3 Å². The first-order chi connectivity index (χ1) is 6.81. The van der Waals surface area contributed by atoms with E-state index in [1.807, 2.05) is 12.3 Å². The highest BCUT2D eigenvalue weighted by Crippen LogP contribution is 2.15. The lowest BCUT2D eigenvalue weighted by Gasteiger charge is -2.02. The van der Waals surface area contributed by atoms with E-state index in [9.17, 15) is 0 Å². The van der Waals surface area contributed by atoms with E-state index >= 15 is 0 Å².